The van der Waals surface area contributed by atoms with Crippen LogP contribution in [0.2, 0.25) is 0 Å². The highest BCUT2D eigenvalue weighted by Crippen LogP contribution is 2.53. The third-order valence-electron chi connectivity index (χ3n) is 9.44. The van der Waals surface area contributed by atoms with Crippen LogP contribution in [0.5, 0.6) is 5.75 Å². The van der Waals surface area contributed by atoms with Gasteiger partial charge in [0.15, 0.2) is 11.4 Å². The van der Waals surface area contributed by atoms with Gasteiger partial charge in [0.05, 0.1) is 11.6 Å². The summed E-state index contributed by atoms with van der Waals surface area (Å²) in [6, 6.07) is 10.2. The quantitative estimate of drug-likeness (QED) is 0.263. The third-order valence-corrected chi connectivity index (χ3v) is 9.44. The number of hydrogen-bond donors (Lipinski definition) is 5. The summed E-state index contributed by atoms with van der Waals surface area (Å²) in [7, 11) is 9.39. The minimum absolute atomic E-state index is 0.000474. The second-order valence-electron chi connectivity index (χ2n) is 13.0. The van der Waals surface area contributed by atoms with E-state index in [1.54, 1.807) is 20.2 Å². The van der Waals surface area contributed by atoms with Gasteiger partial charge in [0.25, 0.3) is 5.91 Å². The maximum atomic E-state index is 14.1. The van der Waals surface area contributed by atoms with Crippen molar-refractivity contribution < 1.29 is 34.8 Å². The van der Waals surface area contributed by atoms with Crippen molar-refractivity contribution in [3.63, 3.8) is 0 Å². The number of phenolic OH excluding ortho intramolecular Hbond substituents is 1. The van der Waals surface area contributed by atoms with E-state index >= 15 is 0 Å². The van der Waals surface area contributed by atoms with Crippen molar-refractivity contribution in [1.82, 2.24) is 14.7 Å². The number of ketones is 2. The van der Waals surface area contributed by atoms with Crippen molar-refractivity contribution in [2.75, 3.05) is 48.3 Å². The van der Waals surface area contributed by atoms with Crippen LogP contribution < -0.4 is 5.73 Å². The Morgan fingerprint density at radius 2 is 1.73 bits per heavy atom. The zero-order valence-corrected chi connectivity index (χ0v) is 26.4. The van der Waals surface area contributed by atoms with Crippen molar-refractivity contribution in [1.29, 1.82) is 0 Å². The number of carbonyl (C=O) groups excluding carboxylic acids is 3. The largest absolute Gasteiger partial charge is 0.510 e. The van der Waals surface area contributed by atoms with Crippen LogP contribution in [-0.4, -0.2) is 113 Å². The lowest BCUT2D eigenvalue weighted by molar-refractivity contribution is -0.148. The maximum absolute atomic E-state index is 14.1. The molecule has 5 rings (SSSR count). The molecule has 4 atom stereocenters. The van der Waals surface area contributed by atoms with Gasteiger partial charge in [0.2, 0.25) is 5.78 Å². The molecule has 2 aromatic carbocycles. The average Bonchev–Trinajstić information content (AvgIpc) is 2.94. The van der Waals surface area contributed by atoms with E-state index in [1.165, 1.54) is 11.0 Å². The predicted octanol–water partition coefficient (Wildman–Crippen LogP) is 2.17. The molecule has 1 amide bonds. The molecule has 0 heterocycles. The van der Waals surface area contributed by atoms with E-state index < -0.39 is 58.0 Å². The molecule has 0 aliphatic heterocycles. The van der Waals surface area contributed by atoms with Crippen LogP contribution in [0.15, 0.2) is 59.1 Å². The second-order valence-corrected chi connectivity index (χ2v) is 13.0. The van der Waals surface area contributed by atoms with E-state index in [1.807, 2.05) is 18.2 Å². The van der Waals surface area contributed by atoms with Gasteiger partial charge in [-0.2, -0.15) is 0 Å². The summed E-state index contributed by atoms with van der Waals surface area (Å²) >= 11 is 0. The molecule has 3 aliphatic rings. The molecule has 11 nitrogen and oxygen atoms in total. The number of aliphatic hydroxyl groups excluding tert-OH is 2. The van der Waals surface area contributed by atoms with Gasteiger partial charge in [-0.25, -0.2) is 0 Å². The lowest BCUT2D eigenvalue weighted by Gasteiger charge is -2.50. The van der Waals surface area contributed by atoms with Gasteiger partial charge in [-0.1, -0.05) is 24.3 Å². The summed E-state index contributed by atoms with van der Waals surface area (Å²) < 4.78 is 0. The van der Waals surface area contributed by atoms with Crippen molar-refractivity contribution >= 4 is 17.5 Å². The number of primary amides is 1. The van der Waals surface area contributed by atoms with E-state index in [4.69, 9.17) is 5.73 Å². The van der Waals surface area contributed by atoms with Gasteiger partial charge in [-0.15, -0.1) is 0 Å². The molecule has 0 aromatic heterocycles. The van der Waals surface area contributed by atoms with Gasteiger partial charge >= 0.3 is 0 Å². The topological polar surface area (TPSA) is 168 Å². The standard InChI is InChI=1S/C34H42N4O7/c1-36(2)12-7-13-38(5)17-18-8-6-9-19(14-18)21-10-11-24(39)26-22(21)15-20-16-23-28(37(3)4)30(41)27(33(35)44)32(43)34(23,45)31(42)25(20)29(26)40/h6,8-11,14,20,23,28,39,41-42,45H,7,12-13,15-17H2,1-5H3,(H2,35,44)/t20-,23-,28?,34-/m0/s1. The van der Waals surface area contributed by atoms with E-state index in [9.17, 15) is 34.8 Å². The van der Waals surface area contributed by atoms with Gasteiger partial charge in [-0.3, -0.25) is 19.3 Å². The maximum Gasteiger partial charge on any atom is 0.255 e. The number of likely N-dealkylation sites (N-methyl/N-ethyl adjacent to an activating group) is 1. The highest BCUT2D eigenvalue weighted by molar-refractivity contribution is 6.24. The Bertz CT molecular complexity index is 1630. The molecule has 1 unspecified atom stereocenters. The number of nitrogens with two attached hydrogens (primary N) is 1. The molecule has 0 saturated carbocycles. The SMILES string of the molecule is CN(C)CCCN(C)Cc1cccc(-c2ccc(O)c3c2C[C@H]2C[C@H]4C(N(C)C)C(O)=C(C(N)=O)C(=O)[C@@]4(O)C(O)=C2C3=O)c1. The molecule has 0 radical (unpaired) electrons. The molecule has 0 fully saturated rings. The monoisotopic (exact) mass is 618 g/mol. The first kappa shape index (κ1) is 32.4. The zero-order chi connectivity index (χ0) is 33.0. The number of amides is 1. The van der Waals surface area contributed by atoms with Crippen LogP contribution >= 0.6 is 0 Å². The molecule has 0 spiro atoms. The number of allylic oxidation sites excluding steroid dienone is 1. The molecule has 3 aliphatic carbocycles. The highest BCUT2D eigenvalue weighted by atomic mass is 16.3. The molecule has 240 valence electrons. The minimum Gasteiger partial charge on any atom is -0.510 e. The summed E-state index contributed by atoms with van der Waals surface area (Å²) in [6.45, 7) is 2.66. The first-order chi connectivity index (χ1) is 21.2. The number of rotatable bonds is 9. The lowest BCUT2D eigenvalue weighted by atomic mass is 9.58. The van der Waals surface area contributed by atoms with Crippen LogP contribution in [0.4, 0.5) is 0 Å². The number of fused-ring (bicyclic) bond motifs is 3. The fourth-order valence-corrected chi connectivity index (χ4v) is 7.41. The van der Waals surface area contributed by atoms with Gasteiger partial charge in [-0.05, 0) is 108 Å². The first-order valence-corrected chi connectivity index (χ1v) is 15.1. The molecule has 11 heteroatoms. The Balaban J connectivity index is 1.56. The number of aromatic hydroxyl groups is 1. The number of aliphatic hydroxyl groups is 3. The Kier molecular flexibility index (Phi) is 8.67. The van der Waals surface area contributed by atoms with Crippen molar-refractivity contribution in [2.45, 2.75) is 37.5 Å². The van der Waals surface area contributed by atoms with Gasteiger partial charge < -0.3 is 36.0 Å². The summed E-state index contributed by atoms with van der Waals surface area (Å²) in [5, 5.41) is 45.2. The molecule has 45 heavy (non-hydrogen) atoms. The Morgan fingerprint density at radius 1 is 1.02 bits per heavy atom. The normalized spacial score (nSPS) is 24.8. The molecule has 6 N–H and O–H groups in total. The summed E-state index contributed by atoms with van der Waals surface area (Å²) in [6.07, 6.45) is 1.31. The number of carbonyl (C=O) groups is 3. The molecule has 0 saturated heterocycles. The molecule has 2 aromatic rings. The van der Waals surface area contributed by atoms with E-state index in [-0.39, 0.29) is 29.7 Å². The van der Waals surface area contributed by atoms with Crippen LogP contribution in [-0.2, 0) is 22.6 Å². The Labute approximate surface area is 262 Å². The van der Waals surface area contributed by atoms with Crippen LogP contribution in [0.3, 0.4) is 0 Å². The lowest BCUT2D eigenvalue weighted by Crippen LogP contribution is -2.63. The molecular weight excluding hydrogens is 576 g/mol. The second kappa shape index (κ2) is 12.1. The van der Waals surface area contributed by atoms with E-state index in [0.717, 1.165) is 42.7 Å². The minimum atomic E-state index is -2.66. The van der Waals surface area contributed by atoms with Crippen LogP contribution in [0.25, 0.3) is 11.1 Å². The smallest absolute Gasteiger partial charge is 0.255 e. The van der Waals surface area contributed by atoms with Gasteiger partial charge in [0, 0.05) is 18.0 Å². The number of phenols is 1. The summed E-state index contributed by atoms with van der Waals surface area (Å²) in [5.41, 5.74) is 5.07. The van der Waals surface area contributed by atoms with Crippen molar-refractivity contribution in [3.8, 4) is 16.9 Å². The number of hydrogen-bond acceptors (Lipinski definition) is 10. The van der Waals surface area contributed by atoms with E-state index in [0.29, 0.717) is 5.56 Å². The third kappa shape index (κ3) is 5.43. The predicted molar refractivity (Wildman–Crippen MR) is 169 cm³/mol. The number of Topliss-reactive ketones (excluding diaryl/α,β-unsaturated/α-hetero) is 2. The van der Waals surface area contributed by atoms with Crippen LogP contribution in [0, 0.1) is 11.8 Å². The zero-order valence-electron chi connectivity index (χ0n) is 26.4. The molecule has 0 bridgehead atoms. The fourth-order valence-electron chi connectivity index (χ4n) is 7.41. The fraction of sp³-hybridized carbons (Fsp3) is 0.441. The first-order valence-electron chi connectivity index (χ1n) is 15.1. The van der Waals surface area contributed by atoms with Crippen molar-refractivity contribution in [3.05, 3.63) is 75.8 Å². The summed E-state index contributed by atoms with van der Waals surface area (Å²) in [4.78, 5) is 45.7. The highest BCUT2D eigenvalue weighted by Gasteiger charge is 2.63. The number of benzene rings is 2. The van der Waals surface area contributed by atoms with E-state index in [2.05, 4.69) is 37.0 Å². The summed E-state index contributed by atoms with van der Waals surface area (Å²) in [5.74, 6) is -6.65. The van der Waals surface area contributed by atoms with Crippen molar-refractivity contribution in [2.24, 2.45) is 17.6 Å². The van der Waals surface area contributed by atoms with Crippen LogP contribution in [0.1, 0.15) is 34.3 Å². The Morgan fingerprint density at radius 3 is 2.38 bits per heavy atom. The van der Waals surface area contributed by atoms with Gasteiger partial charge in [0.1, 0.15) is 22.8 Å². The number of nitrogens with zero attached hydrogens (tertiary/aromatic N) is 3. The Hall–Kier alpha value is -4.03. The molecular formula is C34H42N4O7. The average molecular weight is 619 g/mol.